The van der Waals surface area contributed by atoms with Crippen molar-refractivity contribution in [3.8, 4) is 0 Å². The average Bonchev–Trinajstić information content (AvgIpc) is 2.90. The molecule has 0 spiro atoms. The van der Waals surface area contributed by atoms with Crippen molar-refractivity contribution in [3.05, 3.63) is 35.9 Å². The van der Waals surface area contributed by atoms with Crippen molar-refractivity contribution < 1.29 is 9.00 Å². The lowest BCUT2D eigenvalue weighted by Crippen LogP contribution is -2.54. The second-order valence-electron chi connectivity index (χ2n) is 9.95. The Morgan fingerprint density at radius 3 is 2.28 bits per heavy atom. The molecule has 0 aromatic heterocycles. The summed E-state index contributed by atoms with van der Waals surface area (Å²) in [7, 11) is 2.80. The van der Waals surface area contributed by atoms with E-state index in [0.29, 0.717) is 24.5 Å². The predicted molar refractivity (Wildman–Crippen MR) is 120 cm³/mol. The average molecular weight is 420 g/mol. The number of fused-ring (bicyclic) bond motifs is 2. The van der Waals surface area contributed by atoms with Gasteiger partial charge in [-0.2, -0.15) is 0 Å². The number of hydrogen-bond acceptors (Lipinski definition) is 3. The van der Waals surface area contributed by atoms with Crippen LogP contribution in [-0.4, -0.2) is 63.4 Å². The van der Waals surface area contributed by atoms with Crippen molar-refractivity contribution in [1.29, 1.82) is 0 Å². The van der Waals surface area contributed by atoms with E-state index < -0.39 is 11.0 Å². The van der Waals surface area contributed by atoms with Crippen LogP contribution >= 0.6 is 0 Å². The molecule has 5 atom stereocenters. The molecule has 0 aliphatic carbocycles. The molecule has 2 aliphatic rings. The summed E-state index contributed by atoms with van der Waals surface area (Å²) >= 11 is 0. The van der Waals surface area contributed by atoms with Gasteiger partial charge in [-0.05, 0) is 78.5 Å². The van der Waals surface area contributed by atoms with Crippen LogP contribution in [0.3, 0.4) is 0 Å². The zero-order valence-electron chi connectivity index (χ0n) is 18.6. The Hall–Kier alpha value is -1.24. The molecular weight excluding hydrogens is 382 g/mol. The van der Waals surface area contributed by atoms with Gasteiger partial charge in [0.1, 0.15) is 0 Å². The maximum atomic E-state index is 12.9. The number of likely N-dealkylation sites (N-methyl/N-ethyl adjacent to an activating group) is 1. The number of carbonyl (C=O) groups is 1. The highest BCUT2D eigenvalue weighted by Gasteiger charge is 2.45. The lowest BCUT2D eigenvalue weighted by atomic mass is 9.82. The van der Waals surface area contributed by atoms with Crippen LogP contribution in [0.2, 0.25) is 0 Å². The fourth-order valence-corrected chi connectivity index (χ4v) is 5.70. The van der Waals surface area contributed by atoms with Gasteiger partial charge in [0.15, 0.2) is 0 Å². The summed E-state index contributed by atoms with van der Waals surface area (Å²) in [6, 6.07) is 11.3. The number of nitrogens with one attached hydrogen (secondary N) is 1. The highest BCUT2D eigenvalue weighted by molar-refractivity contribution is 7.84. The summed E-state index contributed by atoms with van der Waals surface area (Å²) in [6.45, 7) is 6.53. The quantitative estimate of drug-likeness (QED) is 0.739. The molecule has 1 amide bonds. The number of hydrogen-bond donors (Lipinski definition) is 1. The zero-order chi connectivity index (χ0) is 21.2. The van der Waals surface area contributed by atoms with E-state index in [2.05, 4.69) is 33.9 Å². The Morgan fingerprint density at radius 2 is 1.76 bits per heavy atom. The van der Waals surface area contributed by atoms with Gasteiger partial charge in [0.25, 0.3) is 0 Å². The number of carbonyl (C=O) groups excluding carboxylic acids is 1. The van der Waals surface area contributed by atoms with E-state index in [1.54, 1.807) is 0 Å². The monoisotopic (exact) mass is 419 g/mol. The number of nitrogens with zero attached hydrogens (tertiary/aromatic N) is 2. The van der Waals surface area contributed by atoms with Crippen LogP contribution in [0.15, 0.2) is 30.3 Å². The molecule has 1 aromatic rings. The number of rotatable bonds is 7. The first-order valence-corrected chi connectivity index (χ1v) is 12.0. The van der Waals surface area contributed by atoms with Gasteiger partial charge in [-0.3, -0.25) is 4.79 Å². The van der Waals surface area contributed by atoms with Crippen LogP contribution in [0.5, 0.6) is 0 Å². The fraction of sp³-hybridized carbons (Fsp3) is 0.696. The number of piperidine rings is 1. The Morgan fingerprint density at radius 1 is 1.17 bits per heavy atom. The maximum absolute atomic E-state index is 12.9. The lowest BCUT2D eigenvalue weighted by molar-refractivity contribution is -0.137. The van der Waals surface area contributed by atoms with Gasteiger partial charge >= 0.3 is 0 Å². The van der Waals surface area contributed by atoms with Crippen LogP contribution < -0.4 is 4.72 Å². The molecule has 2 saturated heterocycles. The van der Waals surface area contributed by atoms with Crippen LogP contribution in [-0.2, 0) is 22.2 Å². The molecule has 1 unspecified atom stereocenters. The van der Waals surface area contributed by atoms with E-state index in [4.69, 9.17) is 0 Å². The van der Waals surface area contributed by atoms with Gasteiger partial charge in [0.2, 0.25) is 5.91 Å². The minimum atomic E-state index is -1.11. The van der Waals surface area contributed by atoms with Crippen LogP contribution in [0.25, 0.3) is 0 Å². The molecule has 0 saturated carbocycles. The van der Waals surface area contributed by atoms with E-state index in [1.807, 2.05) is 45.8 Å². The first-order chi connectivity index (χ1) is 13.6. The van der Waals surface area contributed by atoms with Crippen molar-refractivity contribution in [2.75, 3.05) is 20.6 Å². The molecule has 0 radical (unpaired) electrons. The first-order valence-electron chi connectivity index (χ1n) is 10.8. The molecule has 2 heterocycles. The maximum Gasteiger partial charge on any atom is 0.237 e. The normalized spacial score (nSPS) is 26.6. The summed E-state index contributed by atoms with van der Waals surface area (Å²) < 4.78 is 16.1. The molecule has 2 fully saturated rings. The second kappa shape index (κ2) is 9.27. The van der Waals surface area contributed by atoms with Gasteiger partial charge in [-0.15, -0.1) is 0 Å². The summed E-state index contributed by atoms with van der Waals surface area (Å²) in [6.07, 6.45) is 5.07. The Balaban J connectivity index is 1.75. The smallest absolute Gasteiger partial charge is 0.237 e. The fourth-order valence-electron chi connectivity index (χ4n) is 4.79. The third kappa shape index (κ3) is 5.68. The summed E-state index contributed by atoms with van der Waals surface area (Å²) in [5, 5.41) is 0. The molecule has 2 aliphatic heterocycles. The lowest BCUT2D eigenvalue weighted by Gasteiger charge is -2.42. The molecule has 5 nitrogen and oxygen atoms in total. The SMILES string of the molecule is CN(C)CC(=O)N1[C@@H]2CC[C@H]1CC([C@H](Cc1ccccc1)N[S@@](=O)C(C)(C)C)C2. The third-order valence-electron chi connectivity index (χ3n) is 6.19. The van der Waals surface area contributed by atoms with E-state index in [-0.39, 0.29) is 16.7 Å². The number of benzene rings is 1. The van der Waals surface area contributed by atoms with Crippen LogP contribution in [0.1, 0.15) is 52.0 Å². The van der Waals surface area contributed by atoms with Crippen LogP contribution in [0, 0.1) is 5.92 Å². The molecule has 6 heteroatoms. The van der Waals surface area contributed by atoms with Crippen LogP contribution in [0.4, 0.5) is 0 Å². The number of amides is 1. The third-order valence-corrected chi connectivity index (χ3v) is 7.82. The second-order valence-corrected chi connectivity index (χ2v) is 11.9. The highest BCUT2D eigenvalue weighted by Crippen LogP contribution is 2.40. The van der Waals surface area contributed by atoms with Gasteiger partial charge in [-0.1, -0.05) is 30.3 Å². The highest BCUT2D eigenvalue weighted by atomic mass is 32.2. The van der Waals surface area contributed by atoms with Crippen molar-refractivity contribution >= 4 is 16.9 Å². The zero-order valence-corrected chi connectivity index (χ0v) is 19.4. The Labute approximate surface area is 178 Å². The Kier molecular flexibility index (Phi) is 7.18. The molecule has 3 rings (SSSR count). The van der Waals surface area contributed by atoms with E-state index in [9.17, 15) is 9.00 Å². The molecule has 162 valence electrons. The Bertz CT molecular complexity index is 703. The van der Waals surface area contributed by atoms with Gasteiger partial charge in [-0.25, -0.2) is 8.93 Å². The minimum absolute atomic E-state index is 0.159. The van der Waals surface area contributed by atoms with Crippen molar-refractivity contribution in [1.82, 2.24) is 14.5 Å². The van der Waals surface area contributed by atoms with Gasteiger partial charge < -0.3 is 9.80 Å². The minimum Gasteiger partial charge on any atom is -0.336 e. The summed E-state index contributed by atoms with van der Waals surface area (Å²) in [5.41, 5.74) is 1.27. The molecule has 1 N–H and O–H groups in total. The standard InChI is InChI=1S/C23H37N3O2S/c1-23(2,3)29(28)24-21(13-17-9-7-6-8-10-17)18-14-19-11-12-20(15-18)26(19)22(27)16-25(4)5/h6-10,18-21,24H,11-16H2,1-5H3/t18?,19-,20+,21-,29-/m0/s1. The first kappa shape index (κ1) is 22.4. The van der Waals surface area contributed by atoms with E-state index in [0.717, 1.165) is 32.1 Å². The molecule has 29 heavy (non-hydrogen) atoms. The van der Waals surface area contributed by atoms with E-state index >= 15 is 0 Å². The predicted octanol–water partition coefficient (Wildman–Crippen LogP) is 2.98. The van der Waals surface area contributed by atoms with Crippen molar-refractivity contribution in [2.24, 2.45) is 5.92 Å². The van der Waals surface area contributed by atoms with Crippen molar-refractivity contribution in [3.63, 3.8) is 0 Å². The molecule has 2 bridgehead atoms. The summed E-state index contributed by atoms with van der Waals surface area (Å²) in [5.74, 6) is 0.689. The van der Waals surface area contributed by atoms with Gasteiger partial charge in [0, 0.05) is 18.1 Å². The molecule has 1 aromatic carbocycles. The summed E-state index contributed by atoms with van der Waals surface area (Å²) in [4.78, 5) is 16.9. The van der Waals surface area contributed by atoms with Crippen molar-refractivity contribution in [2.45, 2.75) is 75.7 Å². The molecular formula is C23H37N3O2S. The topological polar surface area (TPSA) is 52.7 Å². The van der Waals surface area contributed by atoms with Gasteiger partial charge in [0.05, 0.1) is 22.3 Å². The van der Waals surface area contributed by atoms with E-state index in [1.165, 1.54) is 5.56 Å². The largest absolute Gasteiger partial charge is 0.336 e.